The van der Waals surface area contributed by atoms with E-state index in [1.165, 1.54) is 79.9 Å². The number of carbonyl (C=O) groups excluding carboxylic acids is 4. The maximum absolute atomic E-state index is 12.4. The fourth-order valence-electron chi connectivity index (χ4n) is 2.85. The molecule has 3 rings (SSSR count). The average molecular weight is 476 g/mol. The van der Waals surface area contributed by atoms with Crippen molar-refractivity contribution in [1.29, 1.82) is 0 Å². The molecule has 3 aromatic carbocycles. The Hall–Kier alpha value is -4.46. The van der Waals surface area contributed by atoms with Gasteiger partial charge in [0.2, 0.25) is 0 Å². The predicted octanol–water partition coefficient (Wildman–Crippen LogP) is 4.87. The topological polar surface area (TPSA) is 105 Å². The van der Waals surface area contributed by atoms with Gasteiger partial charge in [0.15, 0.2) is 0 Å². The van der Waals surface area contributed by atoms with Crippen LogP contribution >= 0.6 is 0 Å². The van der Waals surface area contributed by atoms with Crippen molar-refractivity contribution in [2.24, 2.45) is 0 Å². The van der Waals surface area contributed by atoms with Crippen LogP contribution in [-0.4, -0.2) is 36.6 Å². The normalized spacial score (nSPS) is 10.7. The van der Waals surface area contributed by atoms with E-state index in [9.17, 15) is 19.2 Å². The summed E-state index contributed by atoms with van der Waals surface area (Å²) in [5.74, 6) is -1.74. The van der Waals surface area contributed by atoms with Crippen LogP contribution < -0.4 is 9.47 Å². The molecule has 0 fully saturated rings. The maximum Gasteiger partial charge on any atom is 0.343 e. The van der Waals surface area contributed by atoms with Crippen LogP contribution in [0.4, 0.5) is 0 Å². The van der Waals surface area contributed by atoms with Crippen LogP contribution in [0.2, 0.25) is 0 Å². The summed E-state index contributed by atoms with van der Waals surface area (Å²) in [5.41, 5.74) is 0.523. The summed E-state index contributed by atoms with van der Waals surface area (Å²) in [4.78, 5) is 48.3. The molecular formula is C27H24O8. The number of carbonyl (C=O) groups is 4. The maximum atomic E-state index is 12.4. The van der Waals surface area contributed by atoms with Crippen molar-refractivity contribution in [3.63, 3.8) is 0 Å². The van der Waals surface area contributed by atoms with Crippen molar-refractivity contribution < 1.29 is 38.1 Å². The third kappa shape index (κ3) is 7.01. The van der Waals surface area contributed by atoms with Gasteiger partial charge in [-0.25, -0.2) is 19.2 Å². The van der Waals surface area contributed by atoms with Crippen LogP contribution in [0.25, 0.3) is 0 Å². The third-order valence-electron chi connectivity index (χ3n) is 4.54. The Morgan fingerprint density at radius 2 is 0.829 bits per heavy atom. The summed E-state index contributed by atoms with van der Waals surface area (Å²) >= 11 is 0. The van der Waals surface area contributed by atoms with Gasteiger partial charge < -0.3 is 18.9 Å². The second kappa shape index (κ2) is 10.6. The minimum atomic E-state index is -0.623. The fraction of sp³-hybridized carbons (Fsp3) is 0.185. The molecule has 0 aliphatic carbocycles. The van der Waals surface area contributed by atoms with Crippen LogP contribution in [0, 0.1) is 0 Å². The second-order valence-electron chi connectivity index (χ2n) is 8.40. The van der Waals surface area contributed by atoms with E-state index in [-0.39, 0.29) is 22.6 Å². The van der Waals surface area contributed by atoms with Crippen molar-refractivity contribution >= 4 is 23.9 Å². The molecule has 180 valence electrons. The summed E-state index contributed by atoms with van der Waals surface area (Å²) in [6.45, 7) is 5.32. The van der Waals surface area contributed by atoms with Crippen molar-refractivity contribution in [2.75, 3.05) is 7.11 Å². The van der Waals surface area contributed by atoms with Gasteiger partial charge in [0.05, 0.1) is 29.4 Å². The number of hydrogen-bond donors (Lipinski definition) is 0. The van der Waals surface area contributed by atoms with Gasteiger partial charge in [0.1, 0.15) is 17.1 Å². The molecule has 0 bridgehead atoms. The van der Waals surface area contributed by atoms with E-state index in [1.54, 1.807) is 20.8 Å². The van der Waals surface area contributed by atoms with Crippen LogP contribution in [0.3, 0.4) is 0 Å². The first kappa shape index (κ1) is 25.2. The van der Waals surface area contributed by atoms with Crippen LogP contribution in [0.1, 0.15) is 62.2 Å². The highest BCUT2D eigenvalue weighted by Crippen LogP contribution is 2.19. The van der Waals surface area contributed by atoms with Crippen molar-refractivity contribution in [3.05, 3.63) is 95.1 Å². The molecule has 0 unspecified atom stereocenters. The quantitative estimate of drug-likeness (QED) is 0.367. The van der Waals surface area contributed by atoms with Gasteiger partial charge in [-0.2, -0.15) is 0 Å². The molecule has 0 aromatic heterocycles. The first-order chi connectivity index (χ1) is 16.6. The Balaban J connectivity index is 1.58. The SMILES string of the molecule is COC(=O)c1ccc(C(=O)Oc2ccc(C(=O)Oc3ccc(C(=O)OC(C)(C)C)cc3)cc2)cc1. The van der Waals surface area contributed by atoms with E-state index in [0.717, 1.165) is 0 Å². The third-order valence-corrected chi connectivity index (χ3v) is 4.54. The molecule has 0 spiro atoms. The molecule has 8 heteroatoms. The standard InChI is InChI=1S/C27H24O8/c1-27(2,3)35-26(31)20-11-15-22(16-12-20)34-25(30)19-9-13-21(14-10-19)33-24(29)18-7-5-17(6-8-18)23(28)32-4/h5-16H,1-4H3. The van der Waals surface area contributed by atoms with Crippen molar-refractivity contribution in [1.82, 2.24) is 0 Å². The molecule has 3 aromatic rings. The van der Waals surface area contributed by atoms with Gasteiger partial charge in [-0.1, -0.05) is 0 Å². The Morgan fingerprint density at radius 1 is 0.514 bits per heavy atom. The molecule has 0 aliphatic rings. The number of esters is 4. The Labute approximate surface area is 202 Å². The molecule has 35 heavy (non-hydrogen) atoms. The highest BCUT2D eigenvalue weighted by atomic mass is 16.6. The largest absolute Gasteiger partial charge is 0.465 e. The smallest absolute Gasteiger partial charge is 0.343 e. The minimum absolute atomic E-state index is 0.227. The highest BCUT2D eigenvalue weighted by Gasteiger charge is 2.18. The molecule has 8 nitrogen and oxygen atoms in total. The monoisotopic (exact) mass is 476 g/mol. The molecule has 0 saturated heterocycles. The molecule has 0 atom stereocenters. The fourth-order valence-corrected chi connectivity index (χ4v) is 2.85. The van der Waals surface area contributed by atoms with Gasteiger partial charge in [-0.15, -0.1) is 0 Å². The molecule has 0 amide bonds. The summed E-state index contributed by atoms with van der Waals surface area (Å²) in [5, 5.41) is 0. The lowest BCUT2D eigenvalue weighted by Gasteiger charge is -2.19. The lowest BCUT2D eigenvalue weighted by Crippen LogP contribution is -2.23. The Kier molecular flexibility index (Phi) is 7.66. The van der Waals surface area contributed by atoms with Gasteiger partial charge in [-0.05, 0) is 93.6 Å². The zero-order valence-corrected chi connectivity index (χ0v) is 19.7. The van der Waals surface area contributed by atoms with Gasteiger partial charge in [0, 0.05) is 0 Å². The van der Waals surface area contributed by atoms with Gasteiger partial charge >= 0.3 is 23.9 Å². The van der Waals surface area contributed by atoms with E-state index in [1.807, 2.05) is 0 Å². The van der Waals surface area contributed by atoms with E-state index in [0.29, 0.717) is 11.1 Å². The Bertz CT molecular complexity index is 1220. The molecule has 0 heterocycles. The first-order valence-corrected chi connectivity index (χ1v) is 10.6. The molecule has 0 radical (unpaired) electrons. The van der Waals surface area contributed by atoms with E-state index in [4.69, 9.17) is 14.2 Å². The number of methoxy groups -OCH3 is 1. The first-order valence-electron chi connectivity index (χ1n) is 10.6. The lowest BCUT2D eigenvalue weighted by molar-refractivity contribution is 0.00691. The summed E-state index contributed by atoms with van der Waals surface area (Å²) in [7, 11) is 1.27. The molecule has 0 N–H and O–H groups in total. The van der Waals surface area contributed by atoms with Crippen molar-refractivity contribution in [2.45, 2.75) is 26.4 Å². The predicted molar refractivity (Wildman–Crippen MR) is 126 cm³/mol. The van der Waals surface area contributed by atoms with E-state index >= 15 is 0 Å². The number of rotatable bonds is 6. The van der Waals surface area contributed by atoms with Crippen LogP contribution in [0.15, 0.2) is 72.8 Å². The number of ether oxygens (including phenoxy) is 4. The number of hydrogen-bond acceptors (Lipinski definition) is 8. The van der Waals surface area contributed by atoms with Crippen LogP contribution in [0.5, 0.6) is 11.5 Å². The molecular weight excluding hydrogens is 452 g/mol. The summed E-state index contributed by atoms with van der Waals surface area (Å²) in [6, 6.07) is 17.7. The van der Waals surface area contributed by atoms with Crippen molar-refractivity contribution in [3.8, 4) is 11.5 Å². The van der Waals surface area contributed by atoms with E-state index < -0.39 is 29.5 Å². The zero-order valence-electron chi connectivity index (χ0n) is 19.7. The van der Waals surface area contributed by atoms with Gasteiger partial charge in [0.25, 0.3) is 0 Å². The minimum Gasteiger partial charge on any atom is -0.465 e. The average Bonchev–Trinajstić information content (AvgIpc) is 2.83. The molecule has 0 saturated carbocycles. The molecule has 0 aliphatic heterocycles. The highest BCUT2D eigenvalue weighted by molar-refractivity contribution is 5.95. The summed E-state index contributed by atoms with van der Waals surface area (Å²) in [6.07, 6.45) is 0. The summed E-state index contributed by atoms with van der Waals surface area (Å²) < 4.78 is 20.5. The Morgan fingerprint density at radius 3 is 1.17 bits per heavy atom. The van der Waals surface area contributed by atoms with Gasteiger partial charge in [-0.3, -0.25) is 0 Å². The van der Waals surface area contributed by atoms with Crippen LogP contribution in [-0.2, 0) is 9.47 Å². The number of benzene rings is 3. The lowest BCUT2D eigenvalue weighted by atomic mass is 10.1. The van der Waals surface area contributed by atoms with E-state index in [2.05, 4.69) is 4.74 Å². The zero-order chi connectivity index (χ0) is 25.6. The second-order valence-corrected chi connectivity index (χ2v) is 8.40.